The second-order valence-corrected chi connectivity index (χ2v) is 9.23. The monoisotopic (exact) mass is 347 g/mol. The molecule has 0 radical (unpaired) electrons. The minimum Gasteiger partial charge on any atom is -0.549 e. The van der Waals surface area contributed by atoms with E-state index >= 15 is 0 Å². The molecule has 136 valence electrons. The lowest BCUT2D eigenvalue weighted by Gasteiger charge is -2.19. The number of carboxylic acids is 1. The molecule has 0 aliphatic heterocycles. The fourth-order valence-electron chi connectivity index (χ4n) is 3.40. The number of rotatable bonds is 3. The first-order valence-corrected chi connectivity index (χ1v) is 9.17. The van der Waals surface area contributed by atoms with Crippen LogP contribution in [0.2, 0.25) is 0 Å². The fourth-order valence-corrected chi connectivity index (χ4v) is 3.40. The van der Waals surface area contributed by atoms with Crippen molar-refractivity contribution in [2.75, 3.05) is 0 Å². The Hall–Kier alpha value is -2.35. The van der Waals surface area contributed by atoms with Crippen LogP contribution < -0.4 is 5.11 Å². The SMILES string of the molecule is CC(C)(C)c1ccc(C2=C(c3ccc(C(C)(C)C)cc3)C2C(=O)[O-])cc1. The van der Waals surface area contributed by atoms with Gasteiger partial charge in [-0.05, 0) is 44.2 Å². The molecule has 0 unspecified atom stereocenters. The molecule has 0 heterocycles. The van der Waals surface area contributed by atoms with Gasteiger partial charge in [0.15, 0.2) is 0 Å². The second kappa shape index (κ2) is 6.12. The first kappa shape index (κ1) is 18.4. The molecule has 0 bridgehead atoms. The molecule has 2 nitrogen and oxygen atoms in total. The highest BCUT2D eigenvalue weighted by molar-refractivity contribution is 6.21. The van der Waals surface area contributed by atoms with Gasteiger partial charge in [0, 0.05) is 0 Å². The minimum absolute atomic E-state index is 0.0792. The van der Waals surface area contributed by atoms with Crippen LogP contribution in [-0.4, -0.2) is 5.97 Å². The van der Waals surface area contributed by atoms with Gasteiger partial charge in [0.1, 0.15) is 0 Å². The van der Waals surface area contributed by atoms with Crippen molar-refractivity contribution in [1.29, 1.82) is 0 Å². The standard InChI is InChI=1S/C24H28O2/c1-23(2,3)17-11-7-15(8-12-17)19-20(21(19)22(25)26)16-9-13-18(14-10-16)24(4,5)6/h7-14,21H,1-6H3,(H,25,26)/p-1. The third-order valence-electron chi connectivity index (χ3n) is 5.14. The lowest BCUT2D eigenvalue weighted by molar-refractivity contribution is -0.306. The van der Waals surface area contributed by atoms with Gasteiger partial charge in [-0.25, -0.2) is 0 Å². The topological polar surface area (TPSA) is 40.1 Å². The Bertz CT molecular complexity index is 787. The number of carboxylic acid groups (broad SMARTS) is 1. The van der Waals surface area contributed by atoms with Gasteiger partial charge >= 0.3 is 0 Å². The average molecular weight is 347 g/mol. The summed E-state index contributed by atoms with van der Waals surface area (Å²) in [6.45, 7) is 13.0. The van der Waals surface area contributed by atoms with E-state index in [1.54, 1.807) is 0 Å². The van der Waals surface area contributed by atoms with Crippen molar-refractivity contribution in [3.8, 4) is 0 Å². The van der Waals surface area contributed by atoms with E-state index < -0.39 is 11.9 Å². The van der Waals surface area contributed by atoms with E-state index in [0.717, 1.165) is 22.3 Å². The van der Waals surface area contributed by atoms with Gasteiger partial charge in [0.2, 0.25) is 0 Å². The third kappa shape index (κ3) is 3.46. The molecule has 1 aliphatic carbocycles. The molecular formula is C24H27O2-. The summed E-state index contributed by atoms with van der Waals surface area (Å²) in [6.07, 6.45) is 0. The Labute approximate surface area is 156 Å². The van der Waals surface area contributed by atoms with Crippen molar-refractivity contribution in [1.82, 2.24) is 0 Å². The zero-order valence-electron chi connectivity index (χ0n) is 16.5. The number of aliphatic carboxylic acids is 1. The highest BCUT2D eigenvalue weighted by Gasteiger charge is 2.39. The summed E-state index contributed by atoms with van der Waals surface area (Å²) in [4.78, 5) is 11.6. The Morgan fingerprint density at radius 1 is 0.692 bits per heavy atom. The predicted molar refractivity (Wildman–Crippen MR) is 106 cm³/mol. The molecule has 0 spiro atoms. The van der Waals surface area contributed by atoms with Gasteiger partial charge in [0.05, 0.1) is 11.9 Å². The summed E-state index contributed by atoms with van der Waals surface area (Å²) >= 11 is 0. The molecule has 3 rings (SSSR count). The maximum Gasteiger partial charge on any atom is 0.0534 e. The van der Waals surface area contributed by atoms with Gasteiger partial charge in [0.25, 0.3) is 0 Å². The highest BCUT2D eigenvalue weighted by Crippen LogP contribution is 2.53. The lowest BCUT2D eigenvalue weighted by atomic mass is 9.86. The van der Waals surface area contributed by atoms with Crippen molar-refractivity contribution in [3.05, 3.63) is 70.8 Å². The van der Waals surface area contributed by atoms with E-state index in [1.807, 2.05) is 24.3 Å². The quantitative estimate of drug-likeness (QED) is 0.816. The lowest BCUT2D eigenvalue weighted by Crippen LogP contribution is -2.26. The fraction of sp³-hybridized carbons (Fsp3) is 0.375. The molecule has 2 aromatic rings. The zero-order valence-corrected chi connectivity index (χ0v) is 16.5. The number of carbonyl (C=O) groups excluding carboxylic acids is 1. The molecule has 2 aromatic carbocycles. The van der Waals surface area contributed by atoms with Crippen LogP contribution in [0.4, 0.5) is 0 Å². The smallest absolute Gasteiger partial charge is 0.0534 e. The van der Waals surface area contributed by atoms with E-state index in [1.165, 1.54) is 11.1 Å². The summed E-state index contributed by atoms with van der Waals surface area (Å²) in [5.74, 6) is -1.62. The van der Waals surface area contributed by atoms with Crippen LogP contribution in [0.15, 0.2) is 48.5 Å². The minimum atomic E-state index is -1.02. The normalized spacial score (nSPS) is 15.3. The second-order valence-electron chi connectivity index (χ2n) is 9.23. The van der Waals surface area contributed by atoms with Gasteiger partial charge in [-0.1, -0.05) is 90.1 Å². The molecule has 0 amide bonds. The summed E-state index contributed by atoms with van der Waals surface area (Å²) in [5.41, 5.74) is 6.35. The molecule has 26 heavy (non-hydrogen) atoms. The maximum atomic E-state index is 11.6. The molecule has 0 aromatic heterocycles. The van der Waals surface area contributed by atoms with Crippen LogP contribution in [0, 0.1) is 5.92 Å². The van der Waals surface area contributed by atoms with E-state index in [9.17, 15) is 9.90 Å². The van der Waals surface area contributed by atoms with Crippen LogP contribution in [0.25, 0.3) is 11.1 Å². The van der Waals surface area contributed by atoms with Crippen LogP contribution in [-0.2, 0) is 15.6 Å². The van der Waals surface area contributed by atoms with Crippen LogP contribution in [0.5, 0.6) is 0 Å². The zero-order chi connectivity index (χ0) is 19.3. The molecule has 0 N–H and O–H groups in total. The molecular weight excluding hydrogens is 320 g/mol. The summed E-state index contributed by atoms with van der Waals surface area (Å²) < 4.78 is 0. The van der Waals surface area contributed by atoms with E-state index in [-0.39, 0.29) is 10.8 Å². The summed E-state index contributed by atoms with van der Waals surface area (Å²) in [6, 6.07) is 16.5. The van der Waals surface area contributed by atoms with Gasteiger partial charge < -0.3 is 9.90 Å². The first-order chi connectivity index (χ1) is 12.0. The largest absolute Gasteiger partial charge is 0.549 e. The highest BCUT2D eigenvalue weighted by atomic mass is 16.4. The number of hydrogen-bond acceptors (Lipinski definition) is 2. The van der Waals surface area contributed by atoms with Crippen molar-refractivity contribution in [2.24, 2.45) is 5.92 Å². The molecule has 1 aliphatic rings. The third-order valence-corrected chi connectivity index (χ3v) is 5.14. The molecule has 0 fully saturated rings. The molecule has 0 saturated heterocycles. The van der Waals surface area contributed by atoms with Crippen LogP contribution in [0.3, 0.4) is 0 Å². The van der Waals surface area contributed by atoms with E-state index in [0.29, 0.717) is 0 Å². The Balaban J connectivity index is 1.96. The average Bonchev–Trinajstić information content (AvgIpc) is 3.29. The number of hydrogen-bond donors (Lipinski definition) is 0. The Morgan fingerprint density at radius 3 is 1.23 bits per heavy atom. The van der Waals surface area contributed by atoms with Crippen LogP contribution in [0.1, 0.15) is 63.8 Å². The van der Waals surface area contributed by atoms with Crippen LogP contribution >= 0.6 is 0 Å². The van der Waals surface area contributed by atoms with Crippen molar-refractivity contribution in [3.63, 3.8) is 0 Å². The van der Waals surface area contributed by atoms with E-state index in [4.69, 9.17) is 0 Å². The first-order valence-electron chi connectivity index (χ1n) is 9.17. The van der Waals surface area contributed by atoms with Gasteiger partial charge in [-0.15, -0.1) is 0 Å². The van der Waals surface area contributed by atoms with Crippen molar-refractivity contribution < 1.29 is 9.90 Å². The summed E-state index contributed by atoms with van der Waals surface area (Å²) in [5, 5.41) is 11.6. The van der Waals surface area contributed by atoms with Crippen molar-refractivity contribution in [2.45, 2.75) is 52.4 Å². The summed E-state index contributed by atoms with van der Waals surface area (Å²) in [7, 11) is 0. The number of benzene rings is 2. The number of carbonyl (C=O) groups is 1. The Morgan fingerprint density at radius 2 is 1.00 bits per heavy atom. The van der Waals surface area contributed by atoms with Gasteiger partial charge in [-0.3, -0.25) is 0 Å². The Kier molecular flexibility index (Phi) is 4.34. The predicted octanol–water partition coefficient (Wildman–Crippen LogP) is 4.57. The molecule has 0 saturated carbocycles. The maximum absolute atomic E-state index is 11.6. The van der Waals surface area contributed by atoms with Gasteiger partial charge in [-0.2, -0.15) is 0 Å². The molecule has 2 heteroatoms. The van der Waals surface area contributed by atoms with E-state index in [2.05, 4.69) is 65.8 Å². The molecule has 0 atom stereocenters. The van der Waals surface area contributed by atoms with Crippen molar-refractivity contribution >= 4 is 17.1 Å².